The number of nitrogens with zero attached hydrogens (tertiary/aromatic N) is 1. The van der Waals surface area contributed by atoms with E-state index in [0.29, 0.717) is 10.7 Å². The van der Waals surface area contributed by atoms with Gasteiger partial charge in [0.15, 0.2) is 0 Å². The number of halogens is 1. The molecule has 0 radical (unpaired) electrons. The van der Waals surface area contributed by atoms with E-state index in [2.05, 4.69) is 4.98 Å². The summed E-state index contributed by atoms with van der Waals surface area (Å²) in [7, 11) is 0. The Bertz CT molecular complexity index is 598. The molecule has 1 aromatic carbocycles. The number of carboxylic acids is 1. The first-order chi connectivity index (χ1) is 7.99. The maximum atomic E-state index is 10.8. The highest BCUT2D eigenvalue weighted by atomic mass is 35.5. The molecule has 0 amide bonds. The Hall–Kier alpha value is -1.65. The SMILES string of the molecule is Cc1cc2cc(C(N)C(=O)O)ccc2nc1Cl. The molecule has 0 aliphatic carbocycles. The lowest BCUT2D eigenvalue weighted by Crippen LogP contribution is -2.20. The van der Waals surface area contributed by atoms with E-state index in [0.717, 1.165) is 16.5 Å². The molecule has 0 fully saturated rings. The summed E-state index contributed by atoms with van der Waals surface area (Å²) >= 11 is 5.91. The quantitative estimate of drug-likeness (QED) is 0.802. The Morgan fingerprint density at radius 1 is 1.47 bits per heavy atom. The van der Waals surface area contributed by atoms with Gasteiger partial charge in [-0.1, -0.05) is 17.7 Å². The van der Waals surface area contributed by atoms with Crippen molar-refractivity contribution in [2.45, 2.75) is 13.0 Å². The van der Waals surface area contributed by atoms with Gasteiger partial charge in [-0.05, 0) is 36.2 Å². The van der Waals surface area contributed by atoms with Crippen LogP contribution in [0.1, 0.15) is 17.2 Å². The van der Waals surface area contributed by atoms with E-state index in [1.54, 1.807) is 18.2 Å². The summed E-state index contributed by atoms with van der Waals surface area (Å²) in [6, 6.07) is 5.95. The largest absolute Gasteiger partial charge is 0.480 e. The van der Waals surface area contributed by atoms with Crippen molar-refractivity contribution in [3.63, 3.8) is 0 Å². The van der Waals surface area contributed by atoms with Crippen LogP contribution in [0.3, 0.4) is 0 Å². The van der Waals surface area contributed by atoms with Crippen molar-refractivity contribution in [3.8, 4) is 0 Å². The molecule has 0 bridgehead atoms. The average molecular weight is 251 g/mol. The normalized spacial score (nSPS) is 12.6. The van der Waals surface area contributed by atoms with E-state index in [4.69, 9.17) is 22.4 Å². The molecule has 17 heavy (non-hydrogen) atoms. The lowest BCUT2D eigenvalue weighted by Gasteiger charge is -2.08. The van der Waals surface area contributed by atoms with Gasteiger partial charge in [0.1, 0.15) is 11.2 Å². The topological polar surface area (TPSA) is 76.2 Å². The van der Waals surface area contributed by atoms with Crippen molar-refractivity contribution in [2.75, 3.05) is 0 Å². The molecule has 0 aliphatic rings. The van der Waals surface area contributed by atoms with Crippen LogP contribution in [-0.2, 0) is 4.79 Å². The first-order valence-corrected chi connectivity index (χ1v) is 5.42. The number of aliphatic carboxylic acids is 1. The fourth-order valence-corrected chi connectivity index (χ4v) is 1.76. The summed E-state index contributed by atoms with van der Waals surface area (Å²) < 4.78 is 0. The van der Waals surface area contributed by atoms with Crippen LogP contribution >= 0.6 is 11.6 Å². The minimum Gasteiger partial charge on any atom is -0.480 e. The van der Waals surface area contributed by atoms with Gasteiger partial charge in [0.25, 0.3) is 0 Å². The number of pyridine rings is 1. The smallest absolute Gasteiger partial charge is 0.325 e. The first-order valence-electron chi connectivity index (χ1n) is 5.04. The van der Waals surface area contributed by atoms with Crippen LogP contribution in [0.4, 0.5) is 0 Å². The zero-order valence-electron chi connectivity index (χ0n) is 9.14. The fourth-order valence-electron chi connectivity index (χ4n) is 1.61. The molecule has 4 nitrogen and oxygen atoms in total. The van der Waals surface area contributed by atoms with E-state index >= 15 is 0 Å². The summed E-state index contributed by atoms with van der Waals surface area (Å²) in [6.07, 6.45) is 0. The number of rotatable bonds is 2. The van der Waals surface area contributed by atoms with E-state index in [9.17, 15) is 4.79 Å². The van der Waals surface area contributed by atoms with Gasteiger partial charge in [-0.3, -0.25) is 4.79 Å². The Balaban J connectivity index is 2.57. The van der Waals surface area contributed by atoms with Gasteiger partial charge in [-0.15, -0.1) is 0 Å². The maximum absolute atomic E-state index is 10.8. The molecule has 1 atom stereocenters. The van der Waals surface area contributed by atoms with Gasteiger partial charge in [-0.25, -0.2) is 4.98 Å². The number of aromatic nitrogens is 1. The van der Waals surface area contributed by atoms with Crippen molar-refractivity contribution in [1.82, 2.24) is 4.98 Å². The number of carbonyl (C=O) groups is 1. The zero-order valence-corrected chi connectivity index (χ0v) is 9.90. The fraction of sp³-hybridized carbons (Fsp3) is 0.167. The highest BCUT2D eigenvalue weighted by molar-refractivity contribution is 6.30. The summed E-state index contributed by atoms with van der Waals surface area (Å²) in [4.78, 5) is 15.0. The number of hydrogen-bond acceptors (Lipinski definition) is 3. The first kappa shape index (κ1) is 11.8. The number of benzene rings is 1. The van der Waals surface area contributed by atoms with Crippen LogP contribution in [0, 0.1) is 6.92 Å². The van der Waals surface area contributed by atoms with Crippen molar-refractivity contribution < 1.29 is 9.90 Å². The molecule has 2 rings (SSSR count). The number of carboxylic acid groups (broad SMARTS) is 1. The molecule has 1 heterocycles. The van der Waals surface area contributed by atoms with Crippen LogP contribution < -0.4 is 5.73 Å². The molecule has 0 saturated carbocycles. The van der Waals surface area contributed by atoms with Crippen LogP contribution in [-0.4, -0.2) is 16.1 Å². The number of fused-ring (bicyclic) bond motifs is 1. The lowest BCUT2D eigenvalue weighted by atomic mass is 10.0. The molecular formula is C12H11ClN2O2. The molecule has 5 heteroatoms. The summed E-state index contributed by atoms with van der Waals surface area (Å²) in [5.74, 6) is -1.05. The monoisotopic (exact) mass is 250 g/mol. The van der Waals surface area contributed by atoms with Crippen molar-refractivity contribution in [1.29, 1.82) is 0 Å². The van der Waals surface area contributed by atoms with Gasteiger partial charge >= 0.3 is 5.97 Å². The van der Waals surface area contributed by atoms with Gasteiger partial charge in [0.05, 0.1) is 5.52 Å². The van der Waals surface area contributed by atoms with Gasteiger partial charge in [0, 0.05) is 5.39 Å². The van der Waals surface area contributed by atoms with Gasteiger partial charge in [0.2, 0.25) is 0 Å². The second-order valence-electron chi connectivity index (χ2n) is 3.86. The standard InChI is InChI=1S/C12H11ClN2O2/c1-6-4-8-5-7(10(14)12(16)17)2-3-9(8)15-11(6)13/h2-5,10H,14H2,1H3,(H,16,17). The summed E-state index contributed by atoms with van der Waals surface area (Å²) in [5.41, 5.74) is 7.67. The minimum atomic E-state index is -1.05. The Kier molecular flexibility index (Phi) is 3.00. The molecular weight excluding hydrogens is 240 g/mol. The second-order valence-corrected chi connectivity index (χ2v) is 4.22. The molecule has 1 unspecified atom stereocenters. The lowest BCUT2D eigenvalue weighted by molar-refractivity contribution is -0.138. The predicted molar refractivity (Wildman–Crippen MR) is 66.1 cm³/mol. The molecule has 1 aromatic heterocycles. The zero-order chi connectivity index (χ0) is 12.6. The van der Waals surface area contributed by atoms with Crippen LogP contribution in [0.2, 0.25) is 5.15 Å². The number of aryl methyl sites for hydroxylation is 1. The molecule has 0 saturated heterocycles. The minimum absolute atomic E-state index is 0.452. The summed E-state index contributed by atoms with van der Waals surface area (Å²) in [5, 5.41) is 10.1. The number of hydrogen-bond donors (Lipinski definition) is 2. The van der Waals surface area contributed by atoms with E-state index in [1.807, 2.05) is 13.0 Å². The molecule has 2 aromatic rings. The highest BCUT2D eigenvalue weighted by Crippen LogP contribution is 2.22. The Morgan fingerprint density at radius 3 is 2.82 bits per heavy atom. The molecule has 88 valence electrons. The van der Waals surface area contributed by atoms with Crippen LogP contribution in [0.5, 0.6) is 0 Å². The van der Waals surface area contributed by atoms with Crippen molar-refractivity contribution in [2.24, 2.45) is 5.73 Å². The molecule has 0 aliphatic heterocycles. The van der Waals surface area contributed by atoms with Crippen LogP contribution in [0.25, 0.3) is 10.9 Å². The van der Waals surface area contributed by atoms with Gasteiger partial charge in [-0.2, -0.15) is 0 Å². The van der Waals surface area contributed by atoms with Gasteiger partial charge < -0.3 is 10.8 Å². The third-order valence-corrected chi connectivity index (χ3v) is 2.98. The van der Waals surface area contributed by atoms with Crippen LogP contribution in [0.15, 0.2) is 24.3 Å². The summed E-state index contributed by atoms with van der Waals surface area (Å²) in [6.45, 7) is 1.85. The average Bonchev–Trinajstić information content (AvgIpc) is 2.29. The predicted octanol–water partition coefficient (Wildman–Crippen LogP) is 2.28. The number of nitrogens with two attached hydrogens (primary N) is 1. The third-order valence-electron chi connectivity index (χ3n) is 2.59. The van der Waals surface area contributed by atoms with E-state index < -0.39 is 12.0 Å². The maximum Gasteiger partial charge on any atom is 0.325 e. The van der Waals surface area contributed by atoms with Crippen molar-refractivity contribution >= 4 is 28.5 Å². The molecule has 0 spiro atoms. The molecule has 3 N–H and O–H groups in total. The third kappa shape index (κ3) is 2.23. The van der Waals surface area contributed by atoms with E-state index in [-0.39, 0.29) is 0 Å². The van der Waals surface area contributed by atoms with Crippen molar-refractivity contribution in [3.05, 3.63) is 40.5 Å². The Morgan fingerprint density at radius 2 is 2.18 bits per heavy atom. The van der Waals surface area contributed by atoms with E-state index in [1.165, 1.54) is 0 Å². The second kappa shape index (κ2) is 4.31. The highest BCUT2D eigenvalue weighted by Gasteiger charge is 2.14. The Labute approximate surface area is 103 Å².